The van der Waals surface area contributed by atoms with Gasteiger partial charge in [0.1, 0.15) is 0 Å². The van der Waals surface area contributed by atoms with Crippen LogP contribution >= 0.6 is 0 Å². The molecule has 1 aromatic rings. The van der Waals surface area contributed by atoms with Crippen molar-refractivity contribution in [3.05, 3.63) is 35.9 Å². The van der Waals surface area contributed by atoms with Crippen molar-refractivity contribution in [3.63, 3.8) is 0 Å². The molecule has 0 saturated heterocycles. The first-order valence-electron chi connectivity index (χ1n) is 6.18. The Bertz CT molecular complexity index is 271. The second-order valence-corrected chi connectivity index (χ2v) is 4.51. The summed E-state index contributed by atoms with van der Waals surface area (Å²) >= 11 is 0. The van der Waals surface area contributed by atoms with Crippen molar-refractivity contribution in [2.75, 3.05) is 20.1 Å². The zero-order chi connectivity index (χ0) is 11.8. The molecule has 2 N–H and O–H groups in total. The van der Waals surface area contributed by atoms with Gasteiger partial charge < -0.3 is 10.6 Å². The van der Waals surface area contributed by atoms with E-state index in [0.29, 0.717) is 6.04 Å². The third kappa shape index (κ3) is 4.77. The standard InChI is InChI=1S/C14H24N2/c1-13(12-15)16(2)11-7-6-10-14-8-4-3-5-9-14/h3-5,8-9,13H,6-7,10-12,15H2,1-2H3. The molecule has 1 aromatic carbocycles. The molecule has 1 unspecified atom stereocenters. The lowest BCUT2D eigenvalue weighted by Crippen LogP contribution is -2.35. The fourth-order valence-corrected chi connectivity index (χ4v) is 1.74. The fraction of sp³-hybridized carbons (Fsp3) is 0.571. The van der Waals surface area contributed by atoms with E-state index in [1.54, 1.807) is 0 Å². The van der Waals surface area contributed by atoms with Gasteiger partial charge in [-0.2, -0.15) is 0 Å². The monoisotopic (exact) mass is 220 g/mol. The number of aryl methyl sites for hydroxylation is 1. The van der Waals surface area contributed by atoms with Crippen molar-refractivity contribution in [1.29, 1.82) is 0 Å². The van der Waals surface area contributed by atoms with Crippen LogP contribution in [0.15, 0.2) is 30.3 Å². The molecule has 0 amide bonds. The SMILES string of the molecule is CC(CN)N(C)CCCCc1ccccc1. The Morgan fingerprint density at radius 3 is 2.50 bits per heavy atom. The molecular weight excluding hydrogens is 196 g/mol. The summed E-state index contributed by atoms with van der Waals surface area (Å²) in [5.74, 6) is 0. The number of nitrogens with two attached hydrogens (primary N) is 1. The van der Waals surface area contributed by atoms with Crippen molar-refractivity contribution in [2.24, 2.45) is 5.73 Å². The predicted octanol–water partition coefficient (Wildman–Crippen LogP) is 2.29. The Morgan fingerprint density at radius 1 is 1.19 bits per heavy atom. The number of rotatable bonds is 7. The molecule has 16 heavy (non-hydrogen) atoms. The van der Waals surface area contributed by atoms with Crippen LogP contribution in [0, 0.1) is 0 Å². The molecule has 0 radical (unpaired) electrons. The van der Waals surface area contributed by atoms with Gasteiger partial charge in [-0.1, -0.05) is 30.3 Å². The molecule has 1 rings (SSSR count). The van der Waals surface area contributed by atoms with E-state index in [4.69, 9.17) is 5.73 Å². The second-order valence-electron chi connectivity index (χ2n) is 4.51. The van der Waals surface area contributed by atoms with Gasteiger partial charge in [0.25, 0.3) is 0 Å². The first-order chi connectivity index (χ1) is 7.74. The van der Waals surface area contributed by atoms with Crippen LogP contribution in [0.25, 0.3) is 0 Å². The maximum absolute atomic E-state index is 5.63. The second kappa shape index (κ2) is 7.42. The fourth-order valence-electron chi connectivity index (χ4n) is 1.74. The van der Waals surface area contributed by atoms with Gasteiger partial charge in [-0.3, -0.25) is 0 Å². The average molecular weight is 220 g/mol. The molecule has 90 valence electrons. The van der Waals surface area contributed by atoms with Crippen LogP contribution in [0.1, 0.15) is 25.3 Å². The van der Waals surface area contributed by atoms with E-state index < -0.39 is 0 Å². The maximum Gasteiger partial charge on any atom is 0.0187 e. The molecule has 0 heterocycles. The van der Waals surface area contributed by atoms with Crippen molar-refractivity contribution in [2.45, 2.75) is 32.2 Å². The Kier molecular flexibility index (Phi) is 6.12. The summed E-state index contributed by atoms with van der Waals surface area (Å²) in [6, 6.07) is 11.2. The molecule has 0 aromatic heterocycles. The molecule has 0 spiro atoms. The van der Waals surface area contributed by atoms with Crippen LogP contribution in [0.3, 0.4) is 0 Å². The zero-order valence-corrected chi connectivity index (χ0v) is 10.5. The van der Waals surface area contributed by atoms with E-state index in [2.05, 4.69) is 49.2 Å². The van der Waals surface area contributed by atoms with Gasteiger partial charge in [0.15, 0.2) is 0 Å². The minimum Gasteiger partial charge on any atom is -0.329 e. The number of likely N-dealkylation sites (N-methyl/N-ethyl adjacent to an activating group) is 1. The number of unbranched alkanes of at least 4 members (excludes halogenated alkanes) is 1. The van der Waals surface area contributed by atoms with Gasteiger partial charge in [-0.05, 0) is 45.3 Å². The lowest BCUT2D eigenvalue weighted by molar-refractivity contribution is 0.258. The summed E-state index contributed by atoms with van der Waals surface area (Å²) < 4.78 is 0. The minimum absolute atomic E-state index is 0.497. The predicted molar refractivity (Wildman–Crippen MR) is 70.5 cm³/mol. The molecule has 0 saturated carbocycles. The normalized spacial score (nSPS) is 13.0. The van der Waals surface area contributed by atoms with Gasteiger partial charge in [-0.25, -0.2) is 0 Å². The average Bonchev–Trinajstić information content (AvgIpc) is 2.34. The van der Waals surface area contributed by atoms with E-state index in [1.165, 1.54) is 24.8 Å². The van der Waals surface area contributed by atoms with Gasteiger partial charge >= 0.3 is 0 Å². The Morgan fingerprint density at radius 2 is 1.88 bits per heavy atom. The summed E-state index contributed by atoms with van der Waals surface area (Å²) in [5.41, 5.74) is 7.07. The largest absolute Gasteiger partial charge is 0.329 e. The summed E-state index contributed by atoms with van der Waals surface area (Å²) in [6.45, 7) is 4.07. The zero-order valence-electron chi connectivity index (χ0n) is 10.5. The molecule has 2 nitrogen and oxygen atoms in total. The highest BCUT2D eigenvalue weighted by atomic mass is 15.1. The van der Waals surface area contributed by atoms with Crippen molar-refractivity contribution in [1.82, 2.24) is 4.90 Å². The number of nitrogens with zero attached hydrogens (tertiary/aromatic N) is 1. The van der Waals surface area contributed by atoms with E-state index >= 15 is 0 Å². The van der Waals surface area contributed by atoms with Crippen molar-refractivity contribution in [3.8, 4) is 0 Å². The van der Waals surface area contributed by atoms with Crippen LogP contribution in [0.2, 0.25) is 0 Å². The Hall–Kier alpha value is -0.860. The number of benzene rings is 1. The third-order valence-electron chi connectivity index (χ3n) is 3.16. The van der Waals surface area contributed by atoms with Crippen LogP contribution in [0.5, 0.6) is 0 Å². The van der Waals surface area contributed by atoms with E-state index in [0.717, 1.165) is 13.1 Å². The summed E-state index contributed by atoms with van der Waals surface area (Å²) in [5, 5.41) is 0. The van der Waals surface area contributed by atoms with Crippen LogP contribution in [0.4, 0.5) is 0 Å². The van der Waals surface area contributed by atoms with E-state index in [9.17, 15) is 0 Å². The molecule has 0 bridgehead atoms. The summed E-state index contributed by atoms with van der Waals surface area (Å²) in [6.07, 6.45) is 3.69. The van der Waals surface area contributed by atoms with E-state index in [1.807, 2.05) is 0 Å². The Balaban J connectivity index is 2.13. The molecule has 0 aliphatic rings. The maximum atomic E-state index is 5.63. The van der Waals surface area contributed by atoms with Gasteiger partial charge in [0, 0.05) is 12.6 Å². The molecule has 1 atom stereocenters. The molecule has 0 aliphatic heterocycles. The molecule has 2 heteroatoms. The third-order valence-corrected chi connectivity index (χ3v) is 3.16. The van der Waals surface area contributed by atoms with Crippen LogP contribution in [-0.4, -0.2) is 31.1 Å². The van der Waals surface area contributed by atoms with Gasteiger partial charge in [0.2, 0.25) is 0 Å². The van der Waals surface area contributed by atoms with Crippen LogP contribution in [-0.2, 0) is 6.42 Å². The highest BCUT2D eigenvalue weighted by molar-refractivity contribution is 5.14. The highest BCUT2D eigenvalue weighted by Gasteiger charge is 2.05. The molecule has 0 aliphatic carbocycles. The van der Waals surface area contributed by atoms with Crippen molar-refractivity contribution >= 4 is 0 Å². The van der Waals surface area contributed by atoms with Crippen molar-refractivity contribution < 1.29 is 0 Å². The highest BCUT2D eigenvalue weighted by Crippen LogP contribution is 2.05. The first kappa shape index (κ1) is 13.2. The lowest BCUT2D eigenvalue weighted by atomic mass is 10.1. The topological polar surface area (TPSA) is 29.3 Å². The number of hydrogen-bond donors (Lipinski definition) is 1. The van der Waals surface area contributed by atoms with Gasteiger partial charge in [-0.15, -0.1) is 0 Å². The molecule has 0 fully saturated rings. The smallest absolute Gasteiger partial charge is 0.0187 e. The summed E-state index contributed by atoms with van der Waals surface area (Å²) in [7, 11) is 2.15. The number of hydrogen-bond acceptors (Lipinski definition) is 2. The first-order valence-corrected chi connectivity index (χ1v) is 6.18. The van der Waals surface area contributed by atoms with Gasteiger partial charge in [0.05, 0.1) is 0 Å². The van der Waals surface area contributed by atoms with E-state index in [-0.39, 0.29) is 0 Å². The lowest BCUT2D eigenvalue weighted by Gasteiger charge is -2.22. The van der Waals surface area contributed by atoms with Crippen LogP contribution < -0.4 is 5.73 Å². The Labute approximate surface area is 99.5 Å². The molecular formula is C14H24N2. The summed E-state index contributed by atoms with van der Waals surface area (Å²) in [4.78, 5) is 2.34. The minimum atomic E-state index is 0.497. The quantitative estimate of drug-likeness (QED) is 0.714.